The Bertz CT molecular complexity index is 937. The normalized spacial score (nSPS) is 10.9. The molecule has 0 aliphatic rings. The van der Waals surface area contributed by atoms with E-state index >= 15 is 0 Å². The minimum Gasteiger partial charge on any atom is -0.493 e. The number of hydrogen-bond acceptors (Lipinski definition) is 4. The predicted molar refractivity (Wildman–Crippen MR) is 108 cm³/mol. The van der Waals surface area contributed by atoms with Crippen LogP contribution < -0.4 is 14.8 Å². The Morgan fingerprint density at radius 1 is 1.22 bits per heavy atom. The number of nitriles is 1. The van der Waals surface area contributed by atoms with Crippen LogP contribution in [0.3, 0.4) is 0 Å². The van der Waals surface area contributed by atoms with Crippen molar-refractivity contribution >= 4 is 52.5 Å². The van der Waals surface area contributed by atoms with Crippen molar-refractivity contribution in [2.24, 2.45) is 0 Å². The molecule has 1 N–H and O–H groups in total. The summed E-state index contributed by atoms with van der Waals surface area (Å²) in [6.45, 7) is 2.24. The minimum atomic E-state index is -0.647. The number of rotatable bonds is 6. The van der Waals surface area contributed by atoms with Crippen molar-refractivity contribution in [1.29, 1.82) is 5.26 Å². The molecule has 0 heterocycles. The van der Waals surface area contributed by atoms with Gasteiger partial charge >= 0.3 is 0 Å². The van der Waals surface area contributed by atoms with E-state index in [0.717, 1.165) is 0 Å². The van der Waals surface area contributed by atoms with Crippen LogP contribution in [0.15, 0.2) is 35.9 Å². The van der Waals surface area contributed by atoms with Crippen LogP contribution in [0.5, 0.6) is 11.5 Å². The first-order valence-electron chi connectivity index (χ1n) is 7.78. The maximum Gasteiger partial charge on any atom is 0.266 e. The second-order valence-corrected chi connectivity index (χ2v) is 6.38. The molecule has 0 radical (unpaired) electrons. The summed E-state index contributed by atoms with van der Waals surface area (Å²) in [5.41, 5.74) is 0.566. The molecule has 0 unspecified atom stereocenters. The van der Waals surface area contributed by atoms with Gasteiger partial charge in [0.2, 0.25) is 0 Å². The Hall–Kier alpha value is -2.39. The van der Waals surface area contributed by atoms with Gasteiger partial charge in [-0.05, 0) is 36.8 Å². The number of methoxy groups -OCH3 is 1. The van der Waals surface area contributed by atoms with Crippen molar-refractivity contribution in [1.82, 2.24) is 0 Å². The van der Waals surface area contributed by atoms with Crippen molar-refractivity contribution in [3.63, 3.8) is 0 Å². The Morgan fingerprint density at radius 2 is 1.96 bits per heavy atom. The average Bonchev–Trinajstić information content (AvgIpc) is 2.65. The van der Waals surface area contributed by atoms with Gasteiger partial charge in [0.15, 0.2) is 11.5 Å². The fourth-order valence-electron chi connectivity index (χ4n) is 2.18. The highest BCUT2D eigenvalue weighted by atomic mass is 35.5. The smallest absolute Gasteiger partial charge is 0.266 e. The van der Waals surface area contributed by atoms with Crippen LogP contribution in [0.4, 0.5) is 5.69 Å². The number of amides is 1. The van der Waals surface area contributed by atoms with E-state index in [4.69, 9.17) is 44.3 Å². The third kappa shape index (κ3) is 5.08. The molecule has 8 heteroatoms. The van der Waals surface area contributed by atoms with Gasteiger partial charge in [-0.2, -0.15) is 5.26 Å². The van der Waals surface area contributed by atoms with Crippen molar-refractivity contribution < 1.29 is 14.3 Å². The van der Waals surface area contributed by atoms with Crippen molar-refractivity contribution in [2.75, 3.05) is 19.0 Å². The summed E-state index contributed by atoms with van der Waals surface area (Å²) in [5.74, 6) is 0.255. The highest BCUT2D eigenvalue weighted by Crippen LogP contribution is 2.35. The van der Waals surface area contributed by atoms with Crippen LogP contribution in [0.1, 0.15) is 12.5 Å². The van der Waals surface area contributed by atoms with Crippen LogP contribution in [-0.4, -0.2) is 19.6 Å². The third-order valence-corrected chi connectivity index (χ3v) is 4.59. The molecule has 1 amide bonds. The number of nitrogens with one attached hydrogen (secondary N) is 1. The number of carbonyl (C=O) groups excluding carboxylic acids is 1. The van der Waals surface area contributed by atoms with Gasteiger partial charge in [-0.15, -0.1) is 0 Å². The molecule has 140 valence electrons. The zero-order valence-electron chi connectivity index (χ0n) is 14.5. The summed E-state index contributed by atoms with van der Waals surface area (Å²) >= 11 is 18.2. The molecule has 0 aromatic heterocycles. The van der Waals surface area contributed by atoms with Crippen molar-refractivity contribution in [3.05, 3.63) is 56.5 Å². The molecule has 2 aromatic carbocycles. The monoisotopic (exact) mass is 424 g/mol. The van der Waals surface area contributed by atoms with Crippen LogP contribution in [-0.2, 0) is 4.79 Å². The summed E-state index contributed by atoms with van der Waals surface area (Å²) in [4.78, 5) is 12.5. The molecular formula is C19H15Cl3N2O3. The molecule has 5 nitrogen and oxygen atoms in total. The maximum atomic E-state index is 12.5. The van der Waals surface area contributed by atoms with Gasteiger partial charge in [-0.3, -0.25) is 4.79 Å². The lowest BCUT2D eigenvalue weighted by Gasteiger charge is -2.12. The van der Waals surface area contributed by atoms with Crippen LogP contribution in [0.25, 0.3) is 6.08 Å². The number of nitrogens with zero attached hydrogens (tertiary/aromatic N) is 1. The van der Waals surface area contributed by atoms with E-state index in [-0.39, 0.29) is 15.6 Å². The Balaban J connectivity index is 2.37. The summed E-state index contributed by atoms with van der Waals surface area (Å²) in [6.07, 6.45) is 1.36. The molecular weight excluding hydrogens is 411 g/mol. The first-order valence-corrected chi connectivity index (χ1v) is 8.92. The predicted octanol–water partition coefficient (Wildman–Crippen LogP) is 5.60. The van der Waals surface area contributed by atoms with E-state index in [2.05, 4.69) is 5.32 Å². The fourth-order valence-corrected chi connectivity index (χ4v) is 2.74. The van der Waals surface area contributed by atoms with Crippen molar-refractivity contribution in [3.8, 4) is 17.6 Å². The van der Waals surface area contributed by atoms with Gasteiger partial charge in [0, 0.05) is 6.07 Å². The van der Waals surface area contributed by atoms with E-state index < -0.39 is 5.91 Å². The Labute approximate surface area is 172 Å². The summed E-state index contributed by atoms with van der Waals surface area (Å²) < 4.78 is 10.7. The summed E-state index contributed by atoms with van der Waals surface area (Å²) in [7, 11) is 1.49. The number of carbonyl (C=O) groups is 1. The van der Waals surface area contributed by atoms with Gasteiger partial charge in [-0.1, -0.05) is 40.9 Å². The van der Waals surface area contributed by atoms with Gasteiger partial charge in [0.1, 0.15) is 11.6 Å². The molecule has 27 heavy (non-hydrogen) atoms. The standard InChI is InChI=1S/C19H15Cl3N2O3/c1-3-27-17-8-11(14(21)9-16(17)26-2)7-12(10-23)19(25)24-15-6-4-5-13(20)18(15)22/h4-9H,3H2,1-2H3,(H,24,25)/b12-7-. The molecule has 0 aliphatic heterocycles. The van der Waals surface area contributed by atoms with E-state index in [1.807, 2.05) is 13.0 Å². The van der Waals surface area contributed by atoms with Crippen molar-refractivity contribution in [2.45, 2.75) is 6.92 Å². The Morgan fingerprint density at radius 3 is 2.59 bits per heavy atom. The minimum absolute atomic E-state index is 0.166. The third-order valence-electron chi connectivity index (χ3n) is 3.45. The van der Waals surface area contributed by atoms with Crippen LogP contribution in [0, 0.1) is 11.3 Å². The number of halogens is 3. The molecule has 0 saturated heterocycles. The number of benzene rings is 2. The first-order chi connectivity index (χ1) is 12.9. The van der Waals surface area contributed by atoms with Gasteiger partial charge < -0.3 is 14.8 Å². The molecule has 2 rings (SSSR count). The fraction of sp³-hybridized carbons (Fsp3) is 0.158. The van der Waals surface area contributed by atoms with Crippen LogP contribution >= 0.6 is 34.8 Å². The average molecular weight is 426 g/mol. The molecule has 0 bridgehead atoms. The van der Waals surface area contributed by atoms with Crippen LogP contribution in [0.2, 0.25) is 15.1 Å². The number of ether oxygens (including phenoxy) is 2. The van der Waals surface area contributed by atoms with Gasteiger partial charge in [-0.25, -0.2) is 0 Å². The summed E-state index contributed by atoms with van der Waals surface area (Å²) in [5, 5.41) is 12.7. The zero-order valence-corrected chi connectivity index (χ0v) is 16.7. The van der Waals surface area contributed by atoms with Gasteiger partial charge in [0.25, 0.3) is 5.91 Å². The van der Waals surface area contributed by atoms with E-state index in [1.165, 1.54) is 13.2 Å². The van der Waals surface area contributed by atoms with E-state index in [1.54, 1.807) is 30.3 Å². The lowest BCUT2D eigenvalue weighted by molar-refractivity contribution is -0.112. The largest absolute Gasteiger partial charge is 0.493 e. The second kappa shape index (κ2) is 9.52. The second-order valence-electron chi connectivity index (χ2n) is 5.18. The first kappa shape index (κ1) is 20.9. The molecule has 0 saturated carbocycles. The lowest BCUT2D eigenvalue weighted by atomic mass is 10.1. The molecule has 0 aliphatic carbocycles. The zero-order chi connectivity index (χ0) is 20.0. The molecule has 2 aromatic rings. The topological polar surface area (TPSA) is 71.3 Å². The molecule has 0 atom stereocenters. The van der Waals surface area contributed by atoms with E-state index in [9.17, 15) is 10.1 Å². The van der Waals surface area contributed by atoms with Gasteiger partial charge in [0.05, 0.1) is 34.5 Å². The van der Waals surface area contributed by atoms with E-state index in [0.29, 0.717) is 34.4 Å². The maximum absolute atomic E-state index is 12.5. The molecule has 0 fully saturated rings. The Kier molecular flexibility index (Phi) is 7.37. The number of anilines is 1. The highest BCUT2D eigenvalue weighted by molar-refractivity contribution is 6.44. The highest BCUT2D eigenvalue weighted by Gasteiger charge is 2.15. The summed E-state index contributed by atoms with van der Waals surface area (Å²) in [6, 6.07) is 9.81. The lowest BCUT2D eigenvalue weighted by Crippen LogP contribution is -2.13. The SMILES string of the molecule is CCOc1cc(/C=C(/C#N)C(=O)Nc2cccc(Cl)c2Cl)c(Cl)cc1OC. The molecule has 0 spiro atoms. The quantitative estimate of drug-likeness (QED) is 0.483. The number of hydrogen-bond donors (Lipinski definition) is 1.